The Labute approximate surface area is 145 Å². The molecule has 23 heavy (non-hydrogen) atoms. The quantitative estimate of drug-likeness (QED) is 0.758. The molecule has 0 atom stereocenters. The van der Waals surface area contributed by atoms with E-state index < -0.39 is 0 Å². The molecule has 2 aromatic carbocycles. The van der Waals surface area contributed by atoms with Crippen molar-refractivity contribution in [2.24, 2.45) is 0 Å². The number of halogens is 2. The summed E-state index contributed by atoms with van der Waals surface area (Å²) >= 11 is 11.8. The van der Waals surface area contributed by atoms with Gasteiger partial charge in [0.2, 0.25) is 0 Å². The van der Waals surface area contributed by atoms with Crippen molar-refractivity contribution in [1.82, 2.24) is 5.32 Å². The fourth-order valence-corrected chi connectivity index (χ4v) is 2.56. The summed E-state index contributed by atoms with van der Waals surface area (Å²) in [6.07, 6.45) is 0. The molecule has 0 aliphatic heterocycles. The lowest BCUT2D eigenvalue weighted by molar-refractivity contribution is 0.247. The number of benzene rings is 2. The Balaban J connectivity index is 1.79. The molecule has 2 rings (SSSR count). The minimum Gasteiger partial charge on any atom is -0.491 e. The fraction of sp³-hybridized carbons (Fsp3) is 0.235. The third-order valence-electron chi connectivity index (χ3n) is 3.22. The van der Waals surface area contributed by atoms with E-state index in [0.717, 1.165) is 16.9 Å². The molecule has 2 aromatic rings. The Morgan fingerprint density at radius 2 is 1.83 bits per heavy atom. The highest BCUT2D eigenvalue weighted by Gasteiger charge is 2.06. The van der Waals surface area contributed by atoms with Gasteiger partial charge in [0, 0.05) is 5.02 Å². The fourth-order valence-electron chi connectivity index (χ4n) is 2.10. The lowest BCUT2D eigenvalue weighted by atomic mass is 10.1. The van der Waals surface area contributed by atoms with E-state index in [1.807, 2.05) is 32.0 Å². The number of hydrogen-bond donors (Lipinski definition) is 2. The minimum atomic E-state index is -0.348. The highest BCUT2D eigenvalue weighted by molar-refractivity contribution is 6.36. The number of carbonyl (C=O) groups is 1. The number of anilines is 1. The van der Waals surface area contributed by atoms with Crippen LogP contribution in [0.2, 0.25) is 10.0 Å². The van der Waals surface area contributed by atoms with Gasteiger partial charge in [0.15, 0.2) is 0 Å². The van der Waals surface area contributed by atoms with Gasteiger partial charge in [-0.15, -0.1) is 0 Å². The van der Waals surface area contributed by atoms with Crippen LogP contribution in [0.4, 0.5) is 10.5 Å². The van der Waals surface area contributed by atoms with E-state index in [4.69, 9.17) is 27.9 Å². The summed E-state index contributed by atoms with van der Waals surface area (Å²) in [5.41, 5.74) is 2.65. The molecule has 0 aliphatic carbocycles. The Bertz CT molecular complexity index is 685. The highest BCUT2D eigenvalue weighted by Crippen LogP contribution is 2.25. The van der Waals surface area contributed by atoms with Gasteiger partial charge in [0.1, 0.15) is 12.4 Å². The van der Waals surface area contributed by atoms with Gasteiger partial charge in [-0.1, -0.05) is 41.4 Å². The number of urea groups is 1. The third kappa shape index (κ3) is 5.05. The van der Waals surface area contributed by atoms with E-state index in [0.29, 0.717) is 28.9 Å². The van der Waals surface area contributed by atoms with Crippen LogP contribution in [-0.4, -0.2) is 19.2 Å². The molecule has 4 nitrogen and oxygen atoms in total. The maximum atomic E-state index is 11.8. The first-order valence-electron chi connectivity index (χ1n) is 7.16. The van der Waals surface area contributed by atoms with Gasteiger partial charge in [-0.2, -0.15) is 0 Å². The van der Waals surface area contributed by atoms with E-state index in [1.165, 1.54) is 0 Å². The first-order valence-corrected chi connectivity index (χ1v) is 7.92. The number of amides is 2. The maximum Gasteiger partial charge on any atom is 0.319 e. The molecule has 0 heterocycles. The van der Waals surface area contributed by atoms with Crippen LogP contribution in [0.1, 0.15) is 11.1 Å². The number of ether oxygens (including phenoxy) is 1. The molecule has 0 aromatic heterocycles. The Kier molecular flexibility index (Phi) is 6.13. The first-order chi connectivity index (χ1) is 11.0. The van der Waals surface area contributed by atoms with Gasteiger partial charge in [0.05, 0.1) is 17.3 Å². The molecule has 0 aliphatic rings. The maximum absolute atomic E-state index is 11.8. The van der Waals surface area contributed by atoms with Crippen molar-refractivity contribution < 1.29 is 9.53 Å². The first kappa shape index (κ1) is 17.4. The largest absolute Gasteiger partial charge is 0.491 e. The zero-order valence-electron chi connectivity index (χ0n) is 13.0. The molecule has 2 amide bonds. The van der Waals surface area contributed by atoms with Crippen LogP contribution in [0.3, 0.4) is 0 Å². The predicted molar refractivity (Wildman–Crippen MR) is 94.9 cm³/mol. The van der Waals surface area contributed by atoms with Gasteiger partial charge < -0.3 is 15.4 Å². The van der Waals surface area contributed by atoms with Gasteiger partial charge in [-0.3, -0.25) is 0 Å². The molecule has 0 bridgehead atoms. The van der Waals surface area contributed by atoms with E-state index >= 15 is 0 Å². The summed E-state index contributed by atoms with van der Waals surface area (Å²) in [7, 11) is 0. The van der Waals surface area contributed by atoms with Gasteiger partial charge >= 0.3 is 6.03 Å². The van der Waals surface area contributed by atoms with E-state index in [-0.39, 0.29) is 6.03 Å². The summed E-state index contributed by atoms with van der Waals surface area (Å²) in [5, 5.41) is 6.28. The van der Waals surface area contributed by atoms with Crippen LogP contribution < -0.4 is 15.4 Å². The van der Waals surface area contributed by atoms with Crippen molar-refractivity contribution in [3.05, 3.63) is 57.6 Å². The Hall–Kier alpha value is -1.91. The molecule has 6 heteroatoms. The summed E-state index contributed by atoms with van der Waals surface area (Å²) < 4.78 is 5.72. The average molecular weight is 353 g/mol. The summed E-state index contributed by atoms with van der Waals surface area (Å²) in [6.45, 7) is 4.74. The minimum absolute atomic E-state index is 0.348. The molecule has 0 spiro atoms. The van der Waals surface area contributed by atoms with Gasteiger partial charge in [-0.25, -0.2) is 4.79 Å². The number of hydrogen-bond acceptors (Lipinski definition) is 2. The van der Waals surface area contributed by atoms with Crippen molar-refractivity contribution in [1.29, 1.82) is 0 Å². The Morgan fingerprint density at radius 3 is 2.48 bits per heavy atom. The second-order valence-electron chi connectivity index (χ2n) is 5.07. The second kappa shape index (κ2) is 8.09. The van der Waals surface area contributed by atoms with Crippen molar-refractivity contribution in [2.45, 2.75) is 13.8 Å². The molecule has 0 radical (unpaired) electrons. The smallest absolute Gasteiger partial charge is 0.319 e. The van der Waals surface area contributed by atoms with Crippen LogP contribution in [-0.2, 0) is 0 Å². The third-order valence-corrected chi connectivity index (χ3v) is 3.77. The highest BCUT2D eigenvalue weighted by atomic mass is 35.5. The number of aryl methyl sites for hydroxylation is 2. The monoisotopic (exact) mass is 352 g/mol. The molecule has 0 unspecified atom stereocenters. The topological polar surface area (TPSA) is 50.4 Å². The SMILES string of the molecule is Cc1cccc(C)c1OCCNC(=O)Nc1ccc(Cl)cc1Cl. The van der Waals surface area contributed by atoms with Crippen LogP contribution >= 0.6 is 23.2 Å². The Morgan fingerprint density at radius 1 is 1.13 bits per heavy atom. The van der Waals surface area contributed by atoms with Gasteiger partial charge in [0.25, 0.3) is 0 Å². The number of nitrogens with one attached hydrogen (secondary N) is 2. The van der Waals surface area contributed by atoms with Crippen molar-refractivity contribution in [3.8, 4) is 5.75 Å². The lowest BCUT2D eigenvalue weighted by Crippen LogP contribution is -2.32. The summed E-state index contributed by atoms with van der Waals surface area (Å²) in [4.78, 5) is 11.8. The number of para-hydroxylation sites is 1. The van der Waals surface area contributed by atoms with E-state index in [1.54, 1.807) is 18.2 Å². The second-order valence-corrected chi connectivity index (χ2v) is 5.92. The molecule has 122 valence electrons. The summed E-state index contributed by atoms with van der Waals surface area (Å²) in [6, 6.07) is 10.5. The zero-order valence-corrected chi connectivity index (χ0v) is 14.5. The average Bonchev–Trinajstić information content (AvgIpc) is 2.49. The molecule has 2 N–H and O–H groups in total. The van der Waals surface area contributed by atoms with Crippen molar-refractivity contribution >= 4 is 34.9 Å². The number of carbonyl (C=O) groups excluding carboxylic acids is 1. The molecule has 0 saturated carbocycles. The van der Waals surface area contributed by atoms with Crippen molar-refractivity contribution in [3.63, 3.8) is 0 Å². The van der Waals surface area contributed by atoms with E-state index in [2.05, 4.69) is 10.6 Å². The van der Waals surface area contributed by atoms with Crippen LogP contribution in [0, 0.1) is 13.8 Å². The summed E-state index contributed by atoms with van der Waals surface area (Å²) in [5.74, 6) is 0.857. The molecule has 0 fully saturated rings. The lowest BCUT2D eigenvalue weighted by Gasteiger charge is -2.13. The molecule has 0 saturated heterocycles. The molecular weight excluding hydrogens is 335 g/mol. The van der Waals surface area contributed by atoms with Crippen molar-refractivity contribution in [2.75, 3.05) is 18.5 Å². The standard InChI is InChI=1S/C17H18Cl2N2O2/c1-11-4-3-5-12(2)16(11)23-9-8-20-17(22)21-15-7-6-13(18)10-14(15)19/h3-7,10H,8-9H2,1-2H3,(H2,20,21,22). The number of rotatable bonds is 5. The zero-order chi connectivity index (χ0) is 16.8. The van der Waals surface area contributed by atoms with Crippen LogP contribution in [0.5, 0.6) is 5.75 Å². The predicted octanol–water partition coefficient (Wildman–Crippen LogP) is 4.81. The molecular formula is C17H18Cl2N2O2. The van der Waals surface area contributed by atoms with Crippen LogP contribution in [0.25, 0.3) is 0 Å². The van der Waals surface area contributed by atoms with Crippen LogP contribution in [0.15, 0.2) is 36.4 Å². The normalized spacial score (nSPS) is 10.3. The van der Waals surface area contributed by atoms with E-state index in [9.17, 15) is 4.79 Å². The van der Waals surface area contributed by atoms with Gasteiger partial charge in [-0.05, 0) is 43.2 Å².